The van der Waals surface area contributed by atoms with E-state index in [1.54, 1.807) is 0 Å². The van der Waals surface area contributed by atoms with Gasteiger partial charge in [-0.05, 0) is 12.1 Å². The van der Waals surface area contributed by atoms with Crippen molar-refractivity contribution in [3.8, 4) is 17.6 Å². The Morgan fingerprint density at radius 2 is 1.82 bits per heavy atom. The topological polar surface area (TPSA) is 64.2 Å². The van der Waals surface area contributed by atoms with Crippen LogP contribution in [-0.4, -0.2) is 29.1 Å². The second-order valence-electron chi connectivity index (χ2n) is 1.82. The Balaban J connectivity index is 0.000001000. The first-order chi connectivity index (χ1) is 4.74. The molecule has 1 rings (SSSR count). The zero-order chi connectivity index (χ0) is 7.56. The summed E-state index contributed by atoms with van der Waals surface area (Å²) in [7, 11) is 0. The fourth-order valence-corrected chi connectivity index (χ4v) is 0.593. The first-order valence-electron chi connectivity index (χ1n) is 2.66. The summed E-state index contributed by atoms with van der Waals surface area (Å²) in [6, 6.07) is 5.72. The van der Waals surface area contributed by atoms with Crippen molar-refractivity contribution in [2.75, 3.05) is 0 Å². The van der Waals surface area contributed by atoms with Crippen LogP contribution in [0.15, 0.2) is 18.2 Å². The zero-order valence-corrected chi connectivity index (χ0v) is 5.07. The van der Waals surface area contributed by atoms with E-state index in [0.29, 0.717) is 5.56 Å². The molecule has 0 amide bonds. The number of nitriles is 1. The number of phenolic OH excluding ortho intramolecular Hbond substituents is 2. The molecule has 11 heavy (non-hydrogen) atoms. The van der Waals surface area contributed by atoms with Crippen LogP contribution in [0.25, 0.3) is 0 Å². The summed E-state index contributed by atoms with van der Waals surface area (Å²) < 4.78 is 0. The molecule has 0 unspecified atom stereocenters. The summed E-state index contributed by atoms with van der Waals surface area (Å²) in [6.45, 7) is 0. The average molecular weight is 143 g/mol. The molecule has 1 aromatic carbocycles. The second-order valence-corrected chi connectivity index (χ2v) is 1.82. The molecule has 0 fully saturated rings. The first-order valence-corrected chi connectivity index (χ1v) is 2.66. The van der Waals surface area contributed by atoms with Crippen molar-refractivity contribution in [1.82, 2.24) is 0 Å². The van der Waals surface area contributed by atoms with E-state index in [2.05, 4.69) is 0 Å². The van der Waals surface area contributed by atoms with Crippen molar-refractivity contribution in [3.63, 3.8) is 0 Å². The van der Waals surface area contributed by atoms with Gasteiger partial charge < -0.3 is 10.2 Å². The molecule has 1 aromatic rings. The van der Waals surface area contributed by atoms with Gasteiger partial charge in [-0.2, -0.15) is 5.26 Å². The molecule has 0 saturated heterocycles. The van der Waals surface area contributed by atoms with Crippen LogP contribution in [0.4, 0.5) is 0 Å². The van der Waals surface area contributed by atoms with E-state index in [1.807, 2.05) is 6.07 Å². The van der Waals surface area contributed by atoms with Crippen LogP contribution in [0.2, 0.25) is 0 Å². The molecule has 0 aliphatic carbocycles. The van der Waals surface area contributed by atoms with Gasteiger partial charge in [0.2, 0.25) is 0 Å². The van der Waals surface area contributed by atoms with Gasteiger partial charge in [0.1, 0.15) is 0 Å². The quantitative estimate of drug-likeness (QED) is 0.406. The molecule has 3 nitrogen and oxygen atoms in total. The summed E-state index contributed by atoms with van der Waals surface area (Å²) in [4.78, 5) is 0. The van der Waals surface area contributed by atoms with E-state index < -0.39 is 0 Å². The molecule has 52 valence electrons. The fourth-order valence-electron chi connectivity index (χ4n) is 0.593. The van der Waals surface area contributed by atoms with Crippen molar-refractivity contribution in [3.05, 3.63) is 23.8 Å². The second kappa shape index (κ2) is 3.93. The summed E-state index contributed by atoms with van der Waals surface area (Å²) in [5.74, 6) is -0.474. The van der Waals surface area contributed by atoms with Crippen molar-refractivity contribution < 1.29 is 10.2 Å². The Kier molecular flexibility index (Phi) is 3.54. The van der Waals surface area contributed by atoms with E-state index in [-0.39, 0.29) is 30.4 Å². The van der Waals surface area contributed by atoms with Gasteiger partial charge in [0, 0.05) is 6.07 Å². The number of hydrogen-bond donors (Lipinski definition) is 2. The molecule has 0 aliphatic heterocycles. The predicted molar refractivity (Wildman–Crippen MR) is 41.6 cm³/mol. The molecule has 4 heteroatoms. The van der Waals surface area contributed by atoms with E-state index in [1.165, 1.54) is 18.2 Å². The zero-order valence-electron chi connectivity index (χ0n) is 5.07. The molecule has 0 aliphatic rings. The molecule has 0 aromatic heterocycles. The third-order valence-corrected chi connectivity index (χ3v) is 1.10. The molecule has 0 atom stereocenters. The Bertz CT molecular complexity index is 293. The number of hydrogen-bond acceptors (Lipinski definition) is 3. The molecular weight excluding hydrogens is 137 g/mol. The molecule has 0 bridgehead atoms. The SMILES string of the molecule is N#Cc1ccc(O)c(O)c1.[LiH]. The Morgan fingerprint density at radius 3 is 2.27 bits per heavy atom. The van der Waals surface area contributed by atoms with Gasteiger partial charge in [-0.1, -0.05) is 0 Å². The van der Waals surface area contributed by atoms with Gasteiger partial charge in [0.05, 0.1) is 11.6 Å². The molecule has 0 spiro atoms. The standard InChI is InChI=1S/C7H5NO2.Li.H/c8-4-5-1-2-6(9)7(10)3-5;;/h1-3,9-10H;;. The van der Waals surface area contributed by atoms with Crippen LogP contribution >= 0.6 is 0 Å². The van der Waals surface area contributed by atoms with E-state index in [4.69, 9.17) is 15.5 Å². The minimum atomic E-state index is -0.265. The Morgan fingerprint density at radius 1 is 1.18 bits per heavy atom. The van der Waals surface area contributed by atoms with Crippen LogP contribution in [0.3, 0.4) is 0 Å². The predicted octanol–water partition coefficient (Wildman–Crippen LogP) is 0.321. The maximum atomic E-state index is 8.83. The number of benzene rings is 1. The van der Waals surface area contributed by atoms with E-state index in [9.17, 15) is 0 Å². The summed E-state index contributed by atoms with van der Waals surface area (Å²) in [5.41, 5.74) is 0.329. The van der Waals surface area contributed by atoms with Crippen LogP contribution in [0.1, 0.15) is 5.56 Å². The molecular formula is C7H6LiNO2. The van der Waals surface area contributed by atoms with Gasteiger partial charge in [-0.25, -0.2) is 0 Å². The van der Waals surface area contributed by atoms with Gasteiger partial charge in [-0.3, -0.25) is 0 Å². The number of rotatable bonds is 0. The number of aromatic hydroxyl groups is 2. The fraction of sp³-hybridized carbons (Fsp3) is 0. The maximum absolute atomic E-state index is 8.83. The number of phenols is 2. The van der Waals surface area contributed by atoms with Crippen molar-refractivity contribution in [2.24, 2.45) is 0 Å². The van der Waals surface area contributed by atoms with E-state index in [0.717, 1.165) is 0 Å². The molecule has 0 saturated carbocycles. The van der Waals surface area contributed by atoms with Gasteiger partial charge in [0.15, 0.2) is 11.5 Å². The average Bonchev–Trinajstić information content (AvgIpc) is 1.95. The van der Waals surface area contributed by atoms with Crippen LogP contribution in [0, 0.1) is 11.3 Å². The number of nitrogens with zero attached hydrogens (tertiary/aromatic N) is 1. The summed E-state index contributed by atoms with van der Waals surface area (Å²) in [5, 5.41) is 25.9. The molecule has 0 radical (unpaired) electrons. The third kappa shape index (κ3) is 2.20. The minimum absolute atomic E-state index is 0. The van der Waals surface area contributed by atoms with Crippen molar-refractivity contribution >= 4 is 18.9 Å². The van der Waals surface area contributed by atoms with Crippen molar-refractivity contribution in [2.45, 2.75) is 0 Å². The van der Waals surface area contributed by atoms with Gasteiger partial charge in [0.25, 0.3) is 0 Å². The van der Waals surface area contributed by atoms with E-state index >= 15 is 0 Å². The van der Waals surface area contributed by atoms with Gasteiger partial charge in [-0.15, -0.1) is 0 Å². The summed E-state index contributed by atoms with van der Waals surface area (Å²) in [6.07, 6.45) is 0. The summed E-state index contributed by atoms with van der Waals surface area (Å²) >= 11 is 0. The first kappa shape index (κ1) is 9.91. The third-order valence-electron chi connectivity index (χ3n) is 1.10. The van der Waals surface area contributed by atoms with Crippen LogP contribution in [0.5, 0.6) is 11.5 Å². The van der Waals surface area contributed by atoms with Gasteiger partial charge >= 0.3 is 18.9 Å². The Labute approximate surface area is 76.1 Å². The van der Waals surface area contributed by atoms with Crippen LogP contribution < -0.4 is 0 Å². The normalized spacial score (nSPS) is 7.91. The Hall–Kier alpha value is -1.09. The van der Waals surface area contributed by atoms with Crippen molar-refractivity contribution in [1.29, 1.82) is 5.26 Å². The monoisotopic (exact) mass is 143 g/mol. The molecule has 0 heterocycles. The van der Waals surface area contributed by atoms with Crippen LogP contribution in [-0.2, 0) is 0 Å². The molecule has 2 N–H and O–H groups in total.